The van der Waals surface area contributed by atoms with E-state index in [-0.39, 0.29) is 24.0 Å². The summed E-state index contributed by atoms with van der Waals surface area (Å²) in [4.78, 5) is 25.3. The van der Waals surface area contributed by atoms with Crippen molar-refractivity contribution in [1.82, 2.24) is 10.3 Å². The number of carbonyl (C=O) groups is 2. The Morgan fingerprint density at radius 1 is 1.56 bits per heavy atom. The van der Waals surface area contributed by atoms with Crippen LogP contribution in [-0.4, -0.2) is 33.5 Å². The molecule has 1 amide bonds. The first-order valence-electron chi connectivity index (χ1n) is 4.55. The number of thioether (sulfide) groups is 1. The Bertz CT molecular complexity index is 377. The largest absolute Gasteiger partial charge is 0.481 e. The van der Waals surface area contributed by atoms with E-state index in [0.29, 0.717) is 11.7 Å². The van der Waals surface area contributed by atoms with Gasteiger partial charge in [0.2, 0.25) is 11.8 Å². The summed E-state index contributed by atoms with van der Waals surface area (Å²) in [5.74, 6) is -0.000779. The maximum Gasteiger partial charge on any atom is 0.313 e. The maximum absolute atomic E-state index is 11.2. The summed E-state index contributed by atoms with van der Waals surface area (Å²) in [6.07, 6.45) is 1.57. The molecule has 0 aliphatic heterocycles. The molecule has 0 saturated heterocycles. The van der Waals surface area contributed by atoms with E-state index in [1.165, 1.54) is 0 Å². The predicted molar refractivity (Wildman–Crippen MR) is 58.0 cm³/mol. The molecule has 1 aromatic rings. The molecule has 0 aromatic carbocycles. The van der Waals surface area contributed by atoms with E-state index in [4.69, 9.17) is 9.52 Å². The number of aromatic nitrogens is 1. The standard InChI is InChI=1S/C9H12N2O4S/c1-6-2-11-8(15-6)3-10-7(12)4-16-5-9(13)14/h2H,3-5H2,1H3,(H,10,12)(H,13,14). The molecule has 0 unspecified atom stereocenters. The quantitative estimate of drug-likeness (QED) is 0.753. The lowest BCUT2D eigenvalue weighted by atomic mass is 10.6. The van der Waals surface area contributed by atoms with Gasteiger partial charge in [0.05, 0.1) is 24.2 Å². The number of amides is 1. The lowest BCUT2D eigenvalue weighted by Crippen LogP contribution is -2.25. The second-order valence-corrected chi connectivity index (χ2v) is 4.01. The number of rotatable bonds is 6. The number of carboxylic acid groups (broad SMARTS) is 1. The van der Waals surface area contributed by atoms with Gasteiger partial charge in [-0.05, 0) is 6.92 Å². The number of hydrogen-bond donors (Lipinski definition) is 2. The second kappa shape index (κ2) is 6.16. The highest BCUT2D eigenvalue weighted by molar-refractivity contribution is 8.00. The van der Waals surface area contributed by atoms with Crippen LogP contribution in [-0.2, 0) is 16.1 Å². The van der Waals surface area contributed by atoms with Gasteiger partial charge in [-0.3, -0.25) is 9.59 Å². The first-order chi connectivity index (χ1) is 7.58. The highest BCUT2D eigenvalue weighted by atomic mass is 32.2. The van der Waals surface area contributed by atoms with Crippen LogP contribution in [0.1, 0.15) is 11.7 Å². The van der Waals surface area contributed by atoms with Gasteiger partial charge in [-0.1, -0.05) is 0 Å². The Hall–Kier alpha value is -1.50. The Morgan fingerprint density at radius 2 is 2.31 bits per heavy atom. The van der Waals surface area contributed by atoms with Crippen LogP contribution in [0.5, 0.6) is 0 Å². The molecule has 0 radical (unpaired) electrons. The number of nitrogens with zero attached hydrogens (tertiary/aromatic N) is 1. The third-order valence-corrected chi connectivity index (χ3v) is 2.48. The lowest BCUT2D eigenvalue weighted by Gasteiger charge is -2.01. The van der Waals surface area contributed by atoms with Gasteiger partial charge in [0.25, 0.3) is 0 Å². The molecule has 1 aromatic heterocycles. The summed E-state index contributed by atoms with van der Waals surface area (Å²) in [5.41, 5.74) is 0. The van der Waals surface area contributed by atoms with Crippen LogP contribution >= 0.6 is 11.8 Å². The normalized spacial score (nSPS) is 10.1. The summed E-state index contributed by atoms with van der Waals surface area (Å²) in [6, 6.07) is 0. The van der Waals surface area contributed by atoms with E-state index >= 15 is 0 Å². The number of oxazole rings is 1. The van der Waals surface area contributed by atoms with E-state index in [9.17, 15) is 9.59 Å². The molecule has 0 spiro atoms. The second-order valence-electron chi connectivity index (χ2n) is 3.03. The van der Waals surface area contributed by atoms with Crippen LogP contribution < -0.4 is 5.32 Å². The predicted octanol–water partition coefficient (Wildman–Crippen LogP) is 0.417. The zero-order valence-electron chi connectivity index (χ0n) is 8.73. The topological polar surface area (TPSA) is 92.4 Å². The minimum absolute atomic E-state index is 0.0778. The van der Waals surface area contributed by atoms with Crippen molar-refractivity contribution in [2.75, 3.05) is 11.5 Å². The molecular weight excluding hydrogens is 232 g/mol. The van der Waals surface area contributed by atoms with E-state index < -0.39 is 5.97 Å². The smallest absolute Gasteiger partial charge is 0.313 e. The van der Waals surface area contributed by atoms with Gasteiger partial charge in [-0.2, -0.15) is 0 Å². The Balaban J connectivity index is 2.17. The molecule has 1 rings (SSSR count). The third kappa shape index (κ3) is 4.83. The van der Waals surface area contributed by atoms with Gasteiger partial charge < -0.3 is 14.8 Å². The van der Waals surface area contributed by atoms with E-state index in [1.807, 2.05) is 0 Å². The van der Waals surface area contributed by atoms with Crippen molar-refractivity contribution in [3.05, 3.63) is 17.8 Å². The summed E-state index contributed by atoms with van der Waals surface area (Å²) in [5, 5.41) is 10.9. The van der Waals surface area contributed by atoms with Crippen LogP contribution in [0.25, 0.3) is 0 Å². The van der Waals surface area contributed by atoms with Crippen molar-refractivity contribution in [1.29, 1.82) is 0 Å². The van der Waals surface area contributed by atoms with Crippen LogP contribution in [0.4, 0.5) is 0 Å². The molecule has 0 atom stereocenters. The summed E-state index contributed by atoms with van der Waals surface area (Å²) >= 11 is 1.05. The molecule has 0 fully saturated rings. The number of carbonyl (C=O) groups excluding carboxylic acids is 1. The molecule has 0 aliphatic carbocycles. The molecule has 16 heavy (non-hydrogen) atoms. The van der Waals surface area contributed by atoms with Gasteiger partial charge in [0.15, 0.2) is 0 Å². The van der Waals surface area contributed by atoms with Crippen molar-refractivity contribution in [3.63, 3.8) is 0 Å². The number of carboxylic acids is 1. The van der Waals surface area contributed by atoms with E-state index in [0.717, 1.165) is 11.8 Å². The van der Waals surface area contributed by atoms with Crippen molar-refractivity contribution >= 4 is 23.6 Å². The zero-order chi connectivity index (χ0) is 12.0. The monoisotopic (exact) mass is 244 g/mol. The van der Waals surface area contributed by atoms with Gasteiger partial charge >= 0.3 is 5.97 Å². The first kappa shape index (κ1) is 12.6. The average molecular weight is 244 g/mol. The fourth-order valence-electron chi connectivity index (χ4n) is 0.939. The molecule has 7 heteroatoms. The molecule has 88 valence electrons. The average Bonchev–Trinajstić information content (AvgIpc) is 2.61. The molecular formula is C9H12N2O4S. The van der Waals surface area contributed by atoms with E-state index in [1.54, 1.807) is 13.1 Å². The molecule has 0 saturated carbocycles. The van der Waals surface area contributed by atoms with Crippen molar-refractivity contribution in [3.8, 4) is 0 Å². The van der Waals surface area contributed by atoms with Crippen LogP contribution in [0.15, 0.2) is 10.6 Å². The fraction of sp³-hybridized carbons (Fsp3) is 0.444. The molecule has 6 nitrogen and oxygen atoms in total. The highest BCUT2D eigenvalue weighted by Gasteiger charge is 2.06. The minimum atomic E-state index is -0.930. The van der Waals surface area contributed by atoms with Crippen molar-refractivity contribution < 1.29 is 19.1 Å². The third-order valence-electron chi connectivity index (χ3n) is 1.56. The fourth-order valence-corrected chi connectivity index (χ4v) is 1.50. The molecule has 0 bridgehead atoms. The van der Waals surface area contributed by atoms with Gasteiger partial charge in [-0.15, -0.1) is 11.8 Å². The summed E-state index contributed by atoms with van der Waals surface area (Å²) in [7, 11) is 0. The van der Waals surface area contributed by atoms with Crippen LogP contribution in [0, 0.1) is 6.92 Å². The zero-order valence-corrected chi connectivity index (χ0v) is 9.54. The van der Waals surface area contributed by atoms with Gasteiger partial charge in [-0.25, -0.2) is 4.98 Å². The summed E-state index contributed by atoms with van der Waals surface area (Å²) in [6.45, 7) is 1.99. The Kier molecular flexibility index (Phi) is 4.84. The molecule has 2 N–H and O–H groups in total. The number of nitrogens with one attached hydrogen (secondary N) is 1. The first-order valence-corrected chi connectivity index (χ1v) is 5.71. The van der Waals surface area contributed by atoms with Crippen molar-refractivity contribution in [2.45, 2.75) is 13.5 Å². The number of hydrogen-bond acceptors (Lipinski definition) is 5. The van der Waals surface area contributed by atoms with Crippen LogP contribution in [0.3, 0.4) is 0 Å². The highest BCUT2D eigenvalue weighted by Crippen LogP contribution is 2.02. The van der Waals surface area contributed by atoms with Gasteiger partial charge in [0.1, 0.15) is 5.76 Å². The van der Waals surface area contributed by atoms with Crippen LogP contribution in [0.2, 0.25) is 0 Å². The Labute approximate surface area is 96.4 Å². The number of aryl methyl sites for hydroxylation is 1. The maximum atomic E-state index is 11.2. The van der Waals surface area contributed by atoms with Gasteiger partial charge in [0, 0.05) is 0 Å². The van der Waals surface area contributed by atoms with Crippen molar-refractivity contribution in [2.24, 2.45) is 0 Å². The molecule has 1 heterocycles. The number of aliphatic carboxylic acids is 1. The molecule has 0 aliphatic rings. The lowest BCUT2D eigenvalue weighted by molar-refractivity contribution is -0.133. The SMILES string of the molecule is Cc1cnc(CNC(=O)CSCC(=O)O)o1. The van der Waals surface area contributed by atoms with E-state index in [2.05, 4.69) is 10.3 Å². The summed E-state index contributed by atoms with van der Waals surface area (Å²) < 4.78 is 5.15. The minimum Gasteiger partial charge on any atom is -0.481 e. The Morgan fingerprint density at radius 3 is 2.88 bits per heavy atom.